The van der Waals surface area contributed by atoms with Crippen molar-refractivity contribution in [3.05, 3.63) is 72.8 Å². The van der Waals surface area contributed by atoms with E-state index in [1.165, 1.54) is 11.8 Å². The first-order valence-corrected chi connectivity index (χ1v) is 10.7. The van der Waals surface area contributed by atoms with Gasteiger partial charge in [-0.05, 0) is 35.0 Å². The van der Waals surface area contributed by atoms with Gasteiger partial charge in [0.25, 0.3) is 0 Å². The largest absolute Gasteiger partial charge is 0.493 e. The molecule has 0 aliphatic rings. The highest BCUT2D eigenvalue weighted by Crippen LogP contribution is 2.18. The number of hydrogen-bond acceptors (Lipinski definition) is 4. The third kappa shape index (κ3) is 7.16. The quantitative estimate of drug-likeness (QED) is 0.496. The van der Waals surface area contributed by atoms with E-state index in [4.69, 9.17) is 4.74 Å². The van der Waals surface area contributed by atoms with E-state index in [-0.39, 0.29) is 18.2 Å². The zero-order valence-electron chi connectivity index (χ0n) is 16.1. The molecule has 6 heteroatoms. The second-order valence-electron chi connectivity index (χ2n) is 6.42. The van der Waals surface area contributed by atoms with E-state index in [2.05, 4.69) is 10.6 Å². The Labute approximate surface area is 174 Å². The molecule has 0 atom stereocenters. The third-order valence-corrected chi connectivity index (χ3v) is 5.10. The Morgan fingerprint density at radius 1 is 0.862 bits per heavy atom. The van der Waals surface area contributed by atoms with Gasteiger partial charge in [-0.25, -0.2) is 0 Å². The summed E-state index contributed by atoms with van der Waals surface area (Å²) in [5.41, 5.74) is 0.758. The van der Waals surface area contributed by atoms with Crippen LogP contribution in [0.1, 0.15) is 6.42 Å². The summed E-state index contributed by atoms with van der Waals surface area (Å²) >= 11 is 1.51. The molecular formula is C23H24N2O3S. The fourth-order valence-electron chi connectivity index (χ4n) is 2.76. The average Bonchev–Trinajstić information content (AvgIpc) is 2.74. The van der Waals surface area contributed by atoms with E-state index in [0.717, 1.165) is 28.0 Å². The lowest BCUT2D eigenvalue weighted by Crippen LogP contribution is -2.29. The SMILES string of the molecule is O=C(CSCCOc1ccccc1)NCCC(=O)Nc1ccc2ccccc2c1. The molecule has 0 saturated heterocycles. The van der Waals surface area contributed by atoms with Crippen molar-refractivity contribution in [2.75, 3.05) is 30.0 Å². The number of rotatable bonds is 10. The van der Waals surface area contributed by atoms with Gasteiger partial charge in [0.2, 0.25) is 11.8 Å². The number of carbonyl (C=O) groups excluding carboxylic acids is 2. The maximum absolute atomic E-state index is 12.1. The fourth-order valence-corrected chi connectivity index (χ4v) is 3.39. The van der Waals surface area contributed by atoms with Gasteiger partial charge in [-0.2, -0.15) is 0 Å². The number of fused-ring (bicyclic) bond motifs is 1. The molecule has 0 aliphatic carbocycles. The normalized spacial score (nSPS) is 10.5. The first-order valence-electron chi connectivity index (χ1n) is 9.52. The Morgan fingerprint density at radius 2 is 1.62 bits per heavy atom. The summed E-state index contributed by atoms with van der Waals surface area (Å²) in [7, 11) is 0. The smallest absolute Gasteiger partial charge is 0.230 e. The maximum Gasteiger partial charge on any atom is 0.230 e. The molecule has 0 unspecified atom stereocenters. The van der Waals surface area contributed by atoms with Crippen LogP contribution in [0.15, 0.2) is 72.8 Å². The molecule has 0 fully saturated rings. The zero-order chi connectivity index (χ0) is 20.3. The van der Waals surface area contributed by atoms with Gasteiger partial charge >= 0.3 is 0 Å². The van der Waals surface area contributed by atoms with E-state index in [9.17, 15) is 9.59 Å². The van der Waals surface area contributed by atoms with Gasteiger partial charge in [0.05, 0.1) is 12.4 Å². The molecule has 150 valence electrons. The molecule has 0 saturated carbocycles. The average molecular weight is 409 g/mol. The molecule has 29 heavy (non-hydrogen) atoms. The van der Waals surface area contributed by atoms with E-state index in [1.807, 2.05) is 72.8 Å². The van der Waals surface area contributed by atoms with Crippen LogP contribution in [0.4, 0.5) is 5.69 Å². The standard InChI is InChI=1S/C23H24N2O3S/c26-22(25-20-11-10-18-6-4-5-7-19(18)16-20)12-13-24-23(27)17-29-15-14-28-21-8-2-1-3-9-21/h1-11,16H,12-15,17H2,(H,24,27)(H,25,26). The van der Waals surface area contributed by atoms with E-state index < -0.39 is 0 Å². The maximum atomic E-state index is 12.1. The number of carbonyl (C=O) groups is 2. The fraction of sp³-hybridized carbons (Fsp3) is 0.217. The summed E-state index contributed by atoms with van der Waals surface area (Å²) in [6.45, 7) is 0.870. The molecule has 2 N–H and O–H groups in total. The van der Waals surface area contributed by atoms with Gasteiger partial charge in [0.1, 0.15) is 5.75 Å². The van der Waals surface area contributed by atoms with Crippen LogP contribution < -0.4 is 15.4 Å². The molecule has 3 rings (SSSR count). The summed E-state index contributed by atoms with van der Waals surface area (Å²) in [6, 6.07) is 23.4. The number of hydrogen-bond donors (Lipinski definition) is 2. The minimum atomic E-state index is -0.121. The zero-order valence-corrected chi connectivity index (χ0v) is 16.9. The number of nitrogens with one attached hydrogen (secondary N) is 2. The Hall–Kier alpha value is -2.99. The molecule has 0 radical (unpaired) electrons. The minimum Gasteiger partial charge on any atom is -0.493 e. The van der Waals surface area contributed by atoms with Crippen LogP contribution in [0.5, 0.6) is 5.75 Å². The highest BCUT2D eigenvalue weighted by Gasteiger charge is 2.06. The number of anilines is 1. The summed E-state index contributed by atoms with van der Waals surface area (Å²) in [5, 5.41) is 7.85. The number of para-hydroxylation sites is 1. The van der Waals surface area contributed by atoms with Crippen LogP contribution in [0, 0.1) is 0 Å². The summed E-state index contributed by atoms with van der Waals surface area (Å²) in [5.74, 6) is 1.71. The number of benzene rings is 3. The highest BCUT2D eigenvalue weighted by molar-refractivity contribution is 7.99. The van der Waals surface area contributed by atoms with E-state index >= 15 is 0 Å². The van der Waals surface area contributed by atoms with E-state index in [0.29, 0.717) is 18.9 Å². The Kier molecular flexibility index (Phi) is 7.95. The number of thioether (sulfide) groups is 1. The molecule has 3 aromatic carbocycles. The second kappa shape index (κ2) is 11.1. The van der Waals surface area contributed by atoms with Gasteiger partial charge in [-0.15, -0.1) is 11.8 Å². The van der Waals surface area contributed by atoms with Gasteiger partial charge in [0, 0.05) is 24.4 Å². The molecule has 5 nitrogen and oxygen atoms in total. The monoisotopic (exact) mass is 408 g/mol. The Balaban J connectivity index is 1.27. The van der Waals surface area contributed by atoms with Crippen LogP contribution in [0.3, 0.4) is 0 Å². The van der Waals surface area contributed by atoms with Crippen LogP contribution in [-0.4, -0.2) is 36.5 Å². The van der Waals surface area contributed by atoms with Crippen molar-refractivity contribution in [1.29, 1.82) is 0 Å². The molecule has 0 aliphatic heterocycles. The minimum absolute atomic E-state index is 0.0757. The Morgan fingerprint density at radius 3 is 2.45 bits per heavy atom. The van der Waals surface area contributed by atoms with Gasteiger partial charge in [-0.1, -0.05) is 48.5 Å². The van der Waals surface area contributed by atoms with E-state index in [1.54, 1.807) is 0 Å². The number of ether oxygens (including phenoxy) is 1. The van der Waals surface area contributed by atoms with Gasteiger partial charge < -0.3 is 15.4 Å². The van der Waals surface area contributed by atoms with Crippen molar-refractivity contribution in [2.24, 2.45) is 0 Å². The highest BCUT2D eigenvalue weighted by atomic mass is 32.2. The predicted octanol–water partition coefficient (Wildman–Crippen LogP) is 4.10. The first-order chi connectivity index (χ1) is 14.2. The molecular weight excluding hydrogens is 384 g/mol. The van der Waals surface area contributed by atoms with Crippen molar-refractivity contribution in [3.8, 4) is 5.75 Å². The predicted molar refractivity (Wildman–Crippen MR) is 119 cm³/mol. The molecule has 3 aromatic rings. The van der Waals surface area contributed by atoms with Crippen LogP contribution >= 0.6 is 11.8 Å². The second-order valence-corrected chi connectivity index (χ2v) is 7.53. The summed E-state index contributed by atoms with van der Waals surface area (Å²) in [6.07, 6.45) is 0.236. The molecule has 0 spiro atoms. The third-order valence-electron chi connectivity index (χ3n) is 4.18. The van der Waals surface area contributed by atoms with Crippen molar-refractivity contribution < 1.29 is 14.3 Å². The van der Waals surface area contributed by atoms with Crippen molar-refractivity contribution in [1.82, 2.24) is 5.32 Å². The molecule has 0 heterocycles. The van der Waals surface area contributed by atoms with Crippen LogP contribution in [-0.2, 0) is 9.59 Å². The van der Waals surface area contributed by atoms with Gasteiger partial charge in [-0.3, -0.25) is 9.59 Å². The van der Waals surface area contributed by atoms with Crippen molar-refractivity contribution in [3.63, 3.8) is 0 Å². The topological polar surface area (TPSA) is 67.4 Å². The summed E-state index contributed by atoms with van der Waals surface area (Å²) in [4.78, 5) is 23.9. The summed E-state index contributed by atoms with van der Waals surface area (Å²) < 4.78 is 5.58. The first kappa shape index (κ1) is 20.7. The van der Waals surface area contributed by atoms with Crippen LogP contribution in [0.25, 0.3) is 10.8 Å². The Bertz CT molecular complexity index is 947. The lowest BCUT2D eigenvalue weighted by Gasteiger charge is -2.08. The van der Waals surface area contributed by atoms with Crippen molar-refractivity contribution >= 4 is 40.0 Å². The lowest BCUT2D eigenvalue weighted by atomic mass is 10.1. The van der Waals surface area contributed by atoms with Crippen LogP contribution in [0.2, 0.25) is 0 Å². The molecule has 0 bridgehead atoms. The molecule has 0 aromatic heterocycles. The van der Waals surface area contributed by atoms with Gasteiger partial charge in [0.15, 0.2) is 0 Å². The molecule has 2 amide bonds. The number of amides is 2. The lowest BCUT2D eigenvalue weighted by molar-refractivity contribution is -0.119. The van der Waals surface area contributed by atoms with Crippen molar-refractivity contribution in [2.45, 2.75) is 6.42 Å².